The van der Waals surface area contributed by atoms with Crippen molar-refractivity contribution in [3.63, 3.8) is 0 Å². The summed E-state index contributed by atoms with van der Waals surface area (Å²) in [6.45, 7) is 4.17. The van der Waals surface area contributed by atoms with Crippen molar-refractivity contribution in [1.82, 2.24) is 15.3 Å². The number of anilines is 1. The third-order valence-corrected chi connectivity index (χ3v) is 7.17. The Hall–Kier alpha value is -2.78. The van der Waals surface area contributed by atoms with E-state index in [2.05, 4.69) is 27.1 Å². The molecule has 4 rings (SSSR count). The van der Waals surface area contributed by atoms with Gasteiger partial charge in [0.15, 0.2) is 5.16 Å². The summed E-state index contributed by atoms with van der Waals surface area (Å²) >= 11 is 7.71. The van der Waals surface area contributed by atoms with E-state index in [4.69, 9.17) is 11.6 Å². The first kappa shape index (κ1) is 26.3. The summed E-state index contributed by atoms with van der Waals surface area (Å²) in [7, 11) is 0. The standard InChI is InChI=1S/C26H26ClF3N4OS/c1-17-9-11-34(12-10-17)23-14-22(27)32-25(33-23)36-16-18-5-7-20(8-6-18)24(35)31-15-19-3-2-4-21(13-19)26(28,29)30/h2-8,13-14,17H,9-12,15-16H2,1H3,(H,31,35). The Kier molecular flexibility index (Phi) is 8.41. The van der Waals surface area contributed by atoms with Gasteiger partial charge in [0.25, 0.3) is 5.91 Å². The summed E-state index contributed by atoms with van der Waals surface area (Å²) in [6.07, 6.45) is -2.16. The van der Waals surface area contributed by atoms with Crippen molar-refractivity contribution in [2.75, 3.05) is 18.0 Å². The normalized spacial score (nSPS) is 14.6. The van der Waals surface area contributed by atoms with E-state index in [1.54, 1.807) is 24.3 Å². The maximum atomic E-state index is 12.9. The lowest BCUT2D eigenvalue weighted by Crippen LogP contribution is -2.33. The van der Waals surface area contributed by atoms with Crippen LogP contribution in [0, 0.1) is 5.92 Å². The molecule has 3 aromatic rings. The number of hydrogen-bond acceptors (Lipinski definition) is 5. The van der Waals surface area contributed by atoms with Crippen molar-refractivity contribution in [3.8, 4) is 0 Å². The Morgan fingerprint density at radius 2 is 1.81 bits per heavy atom. The fourth-order valence-electron chi connectivity index (χ4n) is 3.89. The number of piperidine rings is 1. The number of thioether (sulfide) groups is 1. The molecule has 1 aliphatic heterocycles. The van der Waals surface area contributed by atoms with E-state index >= 15 is 0 Å². The first-order chi connectivity index (χ1) is 17.2. The summed E-state index contributed by atoms with van der Waals surface area (Å²) in [5, 5.41) is 3.67. The highest BCUT2D eigenvalue weighted by Crippen LogP contribution is 2.30. The third-order valence-electron chi connectivity index (χ3n) is 6.06. The van der Waals surface area contributed by atoms with E-state index in [0.29, 0.717) is 27.2 Å². The lowest BCUT2D eigenvalue weighted by atomic mass is 9.99. The summed E-state index contributed by atoms with van der Waals surface area (Å²) in [4.78, 5) is 23.7. The number of aromatic nitrogens is 2. The van der Waals surface area contributed by atoms with Crippen molar-refractivity contribution in [2.45, 2.75) is 43.4 Å². The summed E-state index contributed by atoms with van der Waals surface area (Å²) < 4.78 is 38.6. The molecule has 10 heteroatoms. The molecule has 1 saturated heterocycles. The van der Waals surface area contributed by atoms with Gasteiger partial charge in [0.05, 0.1) is 5.56 Å². The van der Waals surface area contributed by atoms with Gasteiger partial charge in [0.1, 0.15) is 11.0 Å². The van der Waals surface area contributed by atoms with Gasteiger partial charge in [-0.25, -0.2) is 9.97 Å². The fourth-order valence-corrected chi connectivity index (χ4v) is 4.93. The number of nitrogens with one attached hydrogen (secondary N) is 1. The van der Waals surface area contributed by atoms with Crippen LogP contribution in [0.1, 0.15) is 46.8 Å². The molecule has 0 radical (unpaired) electrons. The number of halogens is 4. The number of hydrogen-bond donors (Lipinski definition) is 1. The minimum absolute atomic E-state index is 0.00469. The number of nitrogens with zero attached hydrogens (tertiary/aromatic N) is 3. The molecule has 1 amide bonds. The molecule has 0 atom stereocenters. The lowest BCUT2D eigenvalue weighted by molar-refractivity contribution is -0.137. The Morgan fingerprint density at radius 1 is 1.08 bits per heavy atom. The van der Waals surface area contributed by atoms with Crippen LogP contribution in [0.25, 0.3) is 0 Å². The zero-order valence-corrected chi connectivity index (χ0v) is 21.3. The Labute approximate surface area is 217 Å². The second kappa shape index (κ2) is 11.5. The fraction of sp³-hybridized carbons (Fsp3) is 0.346. The second-order valence-electron chi connectivity index (χ2n) is 8.87. The van der Waals surface area contributed by atoms with Crippen LogP contribution in [-0.4, -0.2) is 29.0 Å². The molecule has 0 spiro atoms. The molecule has 190 valence electrons. The molecule has 1 aliphatic rings. The Morgan fingerprint density at radius 3 is 2.50 bits per heavy atom. The summed E-state index contributed by atoms with van der Waals surface area (Å²) in [5.74, 6) is 1.81. The van der Waals surface area contributed by atoms with Crippen LogP contribution in [-0.2, 0) is 18.5 Å². The molecule has 2 aromatic carbocycles. The van der Waals surface area contributed by atoms with Crippen LogP contribution in [0.2, 0.25) is 5.15 Å². The highest BCUT2D eigenvalue weighted by atomic mass is 35.5. The quantitative estimate of drug-likeness (QED) is 0.210. The van der Waals surface area contributed by atoms with Gasteiger partial charge < -0.3 is 10.2 Å². The SMILES string of the molecule is CC1CCN(c2cc(Cl)nc(SCc3ccc(C(=O)NCc4cccc(C(F)(F)F)c4)cc3)n2)CC1. The molecular weight excluding hydrogens is 509 g/mol. The van der Waals surface area contributed by atoms with Crippen molar-refractivity contribution >= 4 is 35.1 Å². The predicted molar refractivity (Wildman–Crippen MR) is 136 cm³/mol. The monoisotopic (exact) mass is 534 g/mol. The van der Waals surface area contributed by atoms with Gasteiger partial charge in [-0.05, 0) is 54.2 Å². The number of benzene rings is 2. The number of amides is 1. The third kappa shape index (κ3) is 7.13. The van der Waals surface area contributed by atoms with Crippen molar-refractivity contribution in [1.29, 1.82) is 0 Å². The molecule has 0 unspecified atom stereocenters. The molecular formula is C26H26ClF3N4OS. The smallest absolute Gasteiger partial charge is 0.356 e. The molecule has 1 N–H and O–H groups in total. The van der Waals surface area contributed by atoms with Gasteiger partial charge in [-0.15, -0.1) is 0 Å². The number of rotatable bonds is 7. The maximum absolute atomic E-state index is 12.9. The topological polar surface area (TPSA) is 58.1 Å². The molecule has 2 heterocycles. The van der Waals surface area contributed by atoms with Gasteiger partial charge in [0, 0.05) is 37.0 Å². The van der Waals surface area contributed by atoms with E-state index in [0.717, 1.165) is 55.4 Å². The minimum atomic E-state index is -4.42. The minimum Gasteiger partial charge on any atom is -0.356 e. The maximum Gasteiger partial charge on any atom is 0.416 e. The molecule has 0 saturated carbocycles. The van der Waals surface area contributed by atoms with Crippen LogP contribution in [0.15, 0.2) is 59.8 Å². The van der Waals surface area contributed by atoms with Gasteiger partial charge >= 0.3 is 6.18 Å². The van der Waals surface area contributed by atoms with E-state index in [-0.39, 0.29) is 12.5 Å². The van der Waals surface area contributed by atoms with Crippen molar-refractivity contribution < 1.29 is 18.0 Å². The highest BCUT2D eigenvalue weighted by molar-refractivity contribution is 7.98. The molecule has 1 aromatic heterocycles. The van der Waals surface area contributed by atoms with Crippen LogP contribution in [0.4, 0.5) is 19.0 Å². The number of carbonyl (C=O) groups excluding carboxylic acids is 1. The predicted octanol–water partition coefficient (Wildman–Crippen LogP) is 6.61. The zero-order chi connectivity index (χ0) is 25.7. The largest absolute Gasteiger partial charge is 0.416 e. The molecule has 1 fully saturated rings. The number of carbonyl (C=O) groups is 1. The van der Waals surface area contributed by atoms with E-state index in [1.807, 2.05) is 12.1 Å². The summed E-state index contributed by atoms with van der Waals surface area (Å²) in [6, 6.07) is 13.8. The molecule has 36 heavy (non-hydrogen) atoms. The van der Waals surface area contributed by atoms with Crippen molar-refractivity contribution in [2.24, 2.45) is 5.92 Å². The van der Waals surface area contributed by atoms with Crippen LogP contribution in [0.5, 0.6) is 0 Å². The van der Waals surface area contributed by atoms with Gasteiger partial charge in [0.2, 0.25) is 0 Å². The van der Waals surface area contributed by atoms with Crippen LogP contribution < -0.4 is 10.2 Å². The molecule has 0 bridgehead atoms. The first-order valence-electron chi connectivity index (χ1n) is 11.6. The first-order valence-corrected chi connectivity index (χ1v) is 13.0. The Balaban J connectivity index is 1.32. The highest BCUT2D eigenvalue weighted by Gasteiger charge is 2.30. The Bertz CT molecular complexity index is 1200. The van der Waals surface area contributed by atoms with E-state index < -0.39 is 11.7 Å². The lowest BCUT2D eigenvalue weighted by Gasteiger charge is -2.31. The number of alkyl halides is 3. The molecule has 5 nitrogen and oxygen atoms in total. The second-order valence-corrected chi connectivity index (χ2v) is 10.2. The molecule has 0 aliphatic carbocycles. The van der Waals surface area contributed by atoms with Gasteiger partial charge in [-0.2, -0.15) is 13.2 Å². The van der Waals surface area contributed by atoms with Crippen molar-refractivity contribution in [3.05, 3.63) is 82.0 Å². The zero-order valence-electron chi connectivity index (χ0n) is 19.7. The van der Waals surface area contributed by atoms with E-state index in [9.17, 15) is 18.0 Å². The van der Waals surface area contributed by atoms with E-state index in [1.165, 1.54) is 17.8 Å². The summed E-state index contributed by atoms with van der Waals surface area (Å²) in [5.41, 5.74) is 1.05. The van der Waals surface area contributed by atoms with Crippen LogP contribution >= 0.6 is 23.4 Å². The van der Waals surface area contributed by atoms with Gasteiger partial charge in [-0.3, -0.25) is 4.79 Å². The van der Waals surface area contributed by atoms with Gasteiger partial charge in [-0.1, -0.05) is 54.6 Å². The average molecular weight is 535 g/mol. The van der Waals surface area contributed by atoms with Crippen LogP contribution in [0.3, 0.4) is 0 Å². The average Bonchev–Trinajstić information content (AvgIpc) is 2.86.